The maximum Gasteiger partial charge on any atom is 0.171 e. The van der Waals surface area contributed by atoms with Crippen molar-refractivity contribution >= 4 is 33.2 Å². The van der Waals surface area contributed by atoms with Crippen molar-refractivity contribution in [2.24, 2.45) is 11.3 Å². The lowest BCUT2D eigenvalue weighted by Crippen LogP contribution is -2.32. The normalized spacial score (nSPS) is 18.8. The molecule has 6 heteroatoms. The molecule has 0 amide bonds. The molecule has 0 spiro atoms. The van der Waals surface area contributed by atoms with E-state index in [1.807, 2.05) is 10.6 Å². The third-order valence-corrected chi connectivity index (χ3v) is 5.17. The molecule has 1 aliphatic heterocycles. The Bertz CT molecular complexity index is 674. The molecule has 4 nitrogen and oxygen atoms in total. The molecule has 1 saturated heterocycles. The standard InChI is InChI=1S/C16H21BrClN3O/c1-16(2,3)14(10-4-6-22-7-5-10)12-8-13(18)20-15-11(17)9-19-21(12)15/h8-10,14H,4-7H2,1-3H3. The molecule has 2 aromatic rings. The average Bonchev–Trinajstić information content (AvgIpc) is 2.80. The van der Waals surface area contributed by atoms with Crippen LogP contribution in [0.1, 0.15) is 45.2 Å². The van der Waals surface area contributed by atoms with Crippen molar-refractivity contribution in [2.75, 3.05) is 13.2 Å². The van der Waals surface area contributed by atoms with E-state index in [4.69, 9.17) is 16.3 Å². The lowest BCUT2D eigenvalue weighted by Gasteiger charge is -2.39. The first-order chi connectivity index (χ1) is 10.4. The first-order valence-electron chi connectivity index (χ1n) is 7.65. The third kappa shape index (κ3) is 3.03. The Kier molecular flexibility index (Phi) is 4.49. The van der Waals surface area contributed by atoms with Gasteiger partial charge in [-0.25, -0.2) is 9.50 Å². The highest BCUT2D eigenvalue weighted by atomic mass is 79.9. The highest BCUT2D eigenvalue weighted by Gasteiger charge is 2.36. The van der Waals surface area contributed by atoms with Crippen LogP contribution in [0.3, 0.4) is 0 Å². The van der Waals surface area contributed by atoms with Crippen LogP contribution >= 0.6 is 27.5 Å². The number of rotatable bonds is 2. The minimum absolute atomic E-state index is 0.109. The van der Waals surface area contributed by atoms with E-state index in [2.05, 4.69) is 46.8 Å². The summed E-state index contributed by atoms with van der Waals surface area (Å²) >= 11 is 9.79. The smallest absolute Gasteiger partial charge is 0.171 e. The summed E-state index contributed by atoms with van der Waals surface area (Å²) in [6.07, 6.45) is 3.93. The Balaban J connectivity index is 2.15. The maximum absolute atomic E-state index is 6.29. The quantitative estimate of drug-likeness (QED) is 0.702. The van der Waals surface area contributed by atoms with Gasteiger partial charge < -0.3 is 4.74 Å². The van der Waals surface area contributed by atoms with E-state index in [1.54, 1.807) is 6.20 Å². The van der Waals surface area contributed by atoms with Gasteiger partial charge in [0, 0.05) is 19.1 Å². The van der Waals surface area contributed by atoms with Crippen molar-refractivity contribution in [1.29, 1.82) is 0 Å². The Hall–Kier alpha value is -0.650. The van der Waals surface area contributed by atoms with Gasteiger partial charge in [0.25, 0.3) is 0 Å². The minimum atomic E-state index is 0.109. The van der Waals surface area contributed by atoms with E-state index in [-0.39, 0.29) is 5.41 Å². The van der Waals surface area contributed by atoms with Gasteiger partial charge in [-0.1, -0.05) is 32.4 Å². The molecular weight excluding hydrogens is 366 g/mol. The first kappa shape index (κ1) is 16.2. The molecule has 120 valence electrons. The fourth-order valence-corrected chi connectivity index (χ4v) is 4.13. The molecule has 3 heterocycles. The van der Waals surface area contributed by atoms with E-state index in [9.17, 15) is 0 Å². The molecule has 0 aromatic carbocycles. The predicted octanol–water partition coefficient (Wildman–Crippen LogP) is 4.70. The summed E-state index contributed by atoms with van der Waals surface area (Å²) in [4.78, 5) is 4.40. The molecule has 1 unspecified atom stereocenters. The molecule has 0 radical (unpaired) electrons. The van der Waals surface area contributed by atoms with Gasteiger partial charge in [-0.05, 0) is 46.2 Å². The molecule has 0 aliphatic carbocycles. The van der Waals surface area contributed by atoms with Crippen LogP contribution in [-0.4, -0.2) is 27.8 Å². The Morgan fingerprint density at radius 1 is 1.36 bits per heavy atom. The summed E-state index contributed by atoms with van der Waals surface area (Å²) in [5.41, 5.74) is 2.03. The highest BCUT2D eigenvalue weighted by Crippen LogP contribution is 2.45. The van der Waals surface area contributed by atoms with Crippen molar-refractivity contribution in [3.63, 3.8) is 0 Å². The number of halogens is 2. The monoisotopic (exact) mass is 385 g/mol. The van der Waals surface area contributed by atoms with Crippen LogP contribution in [0.15, 0.2) is 16.7 Å². The largest absolute Gasteiger partial charge is 0.381 e. The van der Waals surface area contributed by atoms with Crippen LogP contribution < -0.4 is 0 Å². The zero-order chi connectivity index (χ0) is 15.9. The van der Waals surface area contributed by atoms with Crippen molar-refractivity contribution in [3.05, 3.63) is 27.6 Å². The number of hydrogen-bond acceptors (Lipinski definition) is 3. The summed E-state index contributed by atoms with van der Waals surface area (Å²) in [5, 5.41) is 5.02. The van der Waals surface area contributed by atoms with Crippen LogP contribution in [-0.2, 0) is 4.74 Å². The second-order valence-corrected chi connectivity index (χ2v) is 8.27. The highest BCUT2D eigenvalue weighted by molar-refractivity contribution is 9.10. The molecule has 3 rings (SSSR count). The van der Waals surface area contributed by atoms with Gasteiger partial charge in [0.15, 0.2) is 5.65 Å². The maximum atomic E-state index is 6.29. The second kappa shape index (κ2) is 6.10. The molecule has 0 bridgehead atoms. The van der Waals surface area contributed by atoms with E-state index >= 15 is 0 Å². The molecule has 0 saturated carbocycles. The van der Waals surface area contributed by atoms with Gasteiger partial charge in [-0.2, -0.15) is 5.10 Å². The number of aromatic nitrogens is 3. The predicted molar refractivity (Wildman–Crippen MR) is 91.4 cm³/mol. The summed E-state index contributed by atoms with van der Waals surface area (Å²) in [6.45, 7) is 8.52. The van der Waals surface area contributed by atoms with Crippen molar-refractivity contribution in [2.45, 2.75) is 39.5 Å². The fourth-order valence-electron chi connectivity index (χ4n) is 3.59. The first-order valence-corrected chi connectivity index (χ1v) is 8.82. The van der Waals surface area contributed by atoms with Gasteiger partial charge in [-0.15, -0.1) is 0 Å². The average molecular weight is 387 g/mol. The van der Waals surface area contributed by atoms with Crippen LogP contribution in [0, 0.1) is 11.3 Å². The Morgan fingerprint density at radius 2 is 2.05 bits per heavy atom. The van der Waals surface area contributed by atoms with Crippen LogP contribution in [0.25, 0.3) is 5.65 Å². The van der Waals surface area contributed by atoms with Gasteiger partial charge in [0.2, 0.25) is 0 Å². The van der Waals surface area contributed by atoms with Crippen molar-refractivity contribution in [1.82, 2.24) is 14.6 Å². The molecule has 1 fully saturated rings. The topological polar surface area (TPSA) is 39.4 Å². The van der Waals surface area contributed by atoms with Gasteiger partial charge in [0.1, 0.15) is 5.15 Å². The lowest BCUT2D eigenvalue weighted by atomic mass is 9.69. The fraction of sp³-hybridized carbons (Fsp3) is 0.625. The SMILES string of the molecule is CC(C)(C)C(c1cc(Cl)nc2c(Br)cnn12)C1CCOCC1. The molecule has 1 atom stereocenters. The van der Waals surface area contributed by atoms with Crippen LogP contribution in [0.2, 0.25) is 5.15 Å². The summed E-state index contributed by atoms with van der Waals surface area (Å²) < 4.78 is 8.35. The Morgan fingerprint density at radius 3 is 2.68 bits per heavy atom. The van der Waals surface area contributed by atoms with E-state index in [0.29, 0.717) is 17.0 Å². The van der Waals surface area contributed by atoms with E-state index < -0.39 is 0 Å². The van der Waals surface area contributed by atoms with Gasteiger partial charge in [-0.3, -0.25) is 0 Å². The third-order valence-electron chi connectivity index (χ3n) is 4.41. The number of fused-ring (bicyclic) bond motifs is 1. The molecule has 0 N–H and O–H groups in total. The number of ether oxygens (including phenoxy) is 1. The molecule has 1 aliphatic rings. The summed E-state index contributed by atoms with van der Waals surface area (Å²) in [5.74, 6) is 0.921. The van der Waals surface area contributed by atoms with Crippen LogP contribution in [0.5, 0.6) is 0 Å². The second-order valence-electron chi connectivity index (χ2n) is 7.03. The van der Waals surface area contributed by atoms with E-state index in [1.165, 1.54) is 0 Å². The molecule has 22 heavy (non-hydrogen) atoms. The lowest BCUT2D eigenvalue weighted by molar-refractivity contribution is 0.0407. The van der Waals surface area contributed by atoms with Gasteiger partial charge >= 0.3 is 0 Å². The number of hydrogen-bond donors (Lipinski definition) is 0. The van der Waals surface area contributed by atoms with Gasteiger partial charge in [0.05, 0.1) is 16.4 Å². The zero-order valence-corrected chi connectivity index (χ0v) is 15.5. The number of nitrogens with zero attached hydrogens (tertiary/aromatic N) is 3. The van der Waals surface area contributed by atoms with E-state index in [0.717, 1.165) is 41.9 Å². The minimum Gasteiger partial charge on any atom is -0.381 e. The molecule has 2 aromatic heterocycles. The summed E-state index contributed by atoms with van der Waals surface area (Å²) in [7, 11) is 0. The summed E-state index contributed by atoms with van der Waals surface area (Å²) in [6, 6.07) is 1.97. The molecular formula is C16H21BrClN3O. The van der Waals surface area contributed by atoms with Crippen LogP contribution in [0.4, 0.5) is 0 Å². The van der Waals surface area contributed by atoms with Crippen molar-refractivity contribution in [3.8, 4) is 0 Å². The Labute approximate surface area is 144 Å². The van der Waals surface area contributed by atoms with Crippen molar-refractivity contribution < 1.29 is 4.74 Å². The zero-order valence-electron chi connectivity index (χ0n) is 13.1.